The van der Waals surface area contributed by atoms with E-state index in [4.69, 9.17) is 19.7 Å². The molecule has 462 valence electrons. The number of aliphatic hydroxyl groups excluding tert-OH is 3. The number of aryl methyl sites for hydroxylation is 9. The fourth-order valence-corrected chi connectivity index (χ4v) is 14.9. The summed E-state index contributed by atoms with van der Waals surface area (Å²) in [7, 11) is 0. The van der Waals surface area contributed by atoms with E-state index in [0.29, 0.717) is 36.6 Å². The van der Waals surface area contributed by atoms with Crippen LogP contribution in [0.3, 0.4) is 0 Å². The van der Waals surface area contributed by atoms with Gasteiger partial charge in [-0.15, -0.1) is 68.0 Å². The zero-order valence-corrected chi connectivity index (χ0v) is 55.4. The molecular formula is C61H67N16O6S6+. The van der Waals surface area contributed by atoms with Crippen molar-refractivity contribution in [3.63, 3.8) is 0 Å². The van der Waals surface area contributed by atoms with E-state index in [0.717, 1.165) is 125 Å². The Bertz CT molecular complexity index is 4630. The molecule has 2 aliphatic rings. The summed E-state index contributed by atoms with van der Waals surface area (Å²) >= 11 is 9.55. The second-order valence-corrected chi connectivity index (χ2v) is 26.7. The number of hydrogen-bond acceptors (Lipinski definition) is 26. The highest BCUT2D eigenvalue weighted by molar-refractivity contribution is 7.21. The maximum Gasteiger partial charge on any atom is 0.257 e. The number of fused-ring (bicyclic) bond motifs is 6. The summed E-state index contributed by atoms with van der Waals surface area (Å²) in [6, 6.07) is 11.1. The third kappa shape index (κ3) is 15.4. The number of pyridine rings is 6. The van der Waals surface area contributed by atoms with Crippen LogP contribution in [0, 0.1) is 74.1 Å². The van der Waals surface area contributed by atoms with Crippen molar-refractivity contribution in [2.45, 2.75) is 107 Å². The van der Waals surface area contributed by atoms with Gasteiger partial charge in [0.15, 0.2) is 5.52 Å². The highest BCUT2D eigenvalue weighted by atomic mass is 32.1. The number of hydrogen-bond donors (Lipinski definition) is 7. The molecule has 13 aromatic rings. The molecule has 89 heavy (non-hydrogen) atoms. The van der Waals surface area contributed by atoms with Crippen LogP contribution in [0.5, 0.6) is 5.88 Å². The molecular weight excluding hydrogens is 1250 g/mol. The van der Waals surface area contributed by atoms with Gasteiger partial charge in [-0.25, -0.2) is 39.9 Å². The van der Waals surface area contributed by atoms with Crippen LogP contribution < -0.4 is 25.7 Å². The SMILES string of the molecule is CCOc1nc(C)cc2scnc12.Cc1[nH]c(=O)cc2scnc12.Cc1c2ncsc2cc[n+]1O.Cc1cc2sc(-c3c(C)nc(NCC4CC4)nc3N[C@@H]3C[C@H](CO)[C@@H](O)[C@H]3O)nc2c(C)n1.Cc1cc2scnc2c(C)n1.Cc1nccc2scnc12. The summed E-state index contributed by atoms with van der Waals surface area (Å²) in [5, 5.41) is 47.1. The van der Waals surface area contributed by atoms with Crippen LogP contribution in [-0.4, -0.2) is 123 Å². The highest BCUT2D eigenvalue weighted by Crippen LogP contribution is 2.39. The molecule has 0 aliphatic heterocycles. The highest BCUT2D eigenvalue weighted by Gasteiger charge is 2.42. The van der Waals surface area contributed by atoms with Gasteiger partial charge in [-0.1, -0.05) is 0 Å². The number of rotatable bonds is 9. The van der Waals surface area contributed by atoms with Crippen molar-refractivity contribution in [3.8, 4) is 16.5 Å². The van der Waals surface area contributed by atoms with E-state index in [1.165, 1.54) is 33.6 Å². The lowest BCUT2D eigenvalue weighted by atomic mass is 10.1. The van der Waals surface area contributed by atoms with Crippen molar-refractivity contribution in [2.75, 3.05) is 30.4 Å². The summed E-state index contributed by atoms with van der Waals surface area (Å²) in [4.78, 5) is 66.0. The van der Waals surface area contributed by atoms with Gasteiger partial charge in [0.25, 0.3) is 5.69 Å². The third-order valence-electron chi connectivity index (χ3n) is 14.5. The predicted octanol–water partition coefficient (Wildman–Crippen LogP) is 11.5. The molecule has 0 aromatic carbocycles. The van der Waals surface area contributed by atoms with E-state index in [-0.39, 0.29) is 18.1 Å². The number of aromatic nitrogens is 14. The van der Waals surface area contributed by atoms with Crippen molar-refractivity contribution in [1.82, 2.24) is 64.8 Å². The largest absolute Gasteiger partial charge is 0.476 e. The van der Waals surface area contributed by atoms with Gasteiger partial charge >= 0.3 is 0 Å². The molecule has 28 heteroatoms. The Labute approximate surface area is 535 Å². The van der Waals surface area contributed by atoms with Crippen LogP contribution in [-0.2, 0) is 0 Å². The average molecular weight is 1310 g/mol. The van der Waals surface area contributed by atoms with Gasteiger partial charge in [-0.05, 0) is 112 Å². The number of anilines is 2. The second-order valence-electron chi connectivity index (χ2n) is 21.3. The Morgan fingerprint density at radius 1 is 0.618 bits per heavy atom. The van der Waals surface area contributed by atoms with Gasteiger partial charge in [0.1, 0.15) is 44.5 Å². The molecule has 0 unspecified atom stereocenters. The van der Waals surface area contributed by atoms with Crippen LogP contribution >= 0.6 is 68.0 Å². The smallest absolute Gasteiger partial charge is 0.257 e. The molecule has 0 bridgehead atoms. The molecule has 4 atom stereocenters. The number of nitrogens with one attached hydrogen (secondary N) is 3. The molecule has 2 saturated carbocycles. The van der Waals surface area contributed by atoms with Gasteiger partial charge in [-0.3, -0.25) is 25.0 Å². The number of H-pyrrole nitrogens is 1. The van der Waals surface area contributed by atoms with Gasteiger partial charge in [0.05, 0.1) is 103 Å². The average Bonchev–Trinajstić information content (AvgIpc) is 1.77. The number of thiazole rings is 6. The molecule has 0 radical (unpaired) electrons. The lowest BCUT2D eigenvalue weighted by Crippen LogP contribution is -2.35. The maximum atomic E-state index is 10.9. The molecule has 22 nitrogen and oxygen atoms in total. The van der Waals surface area contributed by atoms with Crippen LogP contribution in [0.25, 0.3) is 71.9 Å². The first-order valence-electron chi connectivity index (χ1n) is 28.5. The van der Waals surface area contributed by atoms with Crippen molar-refractivity contribution in [3.05, 3.63) is 138 Å². The van der Waals surface area contributed by atoms with Gasteiger partial charge in [-0.2, -0.15) is 4.98 Å². The Morgan fingerprint density at radius 3 is 1.83 bits per heavy atom. The summed E-state index contributed by atoms with van der Waals surface area (Å²) in [6.07, 6.45) is 4.34. The van der Waals surface area contributed by atoms with Crippen LogP contribution in [0.1, 0.15) is 77.4 Å². The quantitative estimate of drug-likeness (QED) is 0.0522. The van der Waals surface area contributed by atoms with E-state index >= 15 is 0 Å². The normalized spacial score (nSPS) is 16.0. The summed E-state index contributed by atoms with van der Waals surface area (Å²) in [5.41, 5.74) is 23.6. The van der Waals surface area contributed by atoms with Gasteiger partial charge in [0, 0.05) is 71.8 Å². The number of aliphatic hydroxyl groups is 3. The van der Waals surface area contributed by atoms with Crippen molar-refractivity contribution in [2.24, 2.45) is 11.8 Å². The Kier molecular flexibility index (Phi) is 20.8. The summed E-state index contributed by atoms with van der Waals surface area (Å²) in [6.45, 7) is 20.7. The fourth-order valence-electron chi connectivity index (χ4n) is 9.85. The molecule has 7 N–H and O–H groups in total. The molecule has 2 aliphatic carbocycles. The zero-order chi connectivity index (χ0) is 63.0. The molecule has 13 aromatic heterocycles. The van der Waals surface area contributed by atoms with Crippen molar-refractivity contribution >= 4 is 141 Å². The first-order chi connectivity index (χ1) is 42.8. The van der Waals surface area contributed by atoms with E-state index in [2.05, 4.69) is 66.5 Å². The Hall–Kier alpha value is -7.80. The van der Waals surface area contributed by atoms with Crippen LogP contribution in [0.4, 0.5) is 11.8 Å². The molecule has 13 heterocycles. The molecule has 15 rings (SSSR count). The predicted molar refractivity (Wildman–Crippen MR) is 358 cm³/mol. The number of ether oxygens (including phenoxy) is 1. The van der Waals surface area contributed by atoms with Crippen LogP contribution in [0.2, 0.25) is 0 Å². The van der Waals surface area contributed by atoms with E-state index in [9.17, 15) is 25.3 Å². The van der Waals surface area contributed by atoms with E-state index < -0.39 is 18.2 Å². The van der Waals surface area contributed by atoms with Gasteiger partial charge < -0.3 is 35.7 Å². The van der Waals surface area contributed by atoms with Crippen molar-refractivity contribution in [1.29, 1.82) is 0 Å². The van der Waals surface area contributed by atoms with Crippen molar-refractivity contribution < 1.29 is 30.0 Å². The number of aromatic amines is 1. The summed E-state index contributed by atoms with van der Waals surface area (Å²) < 4.78 is 13.2. The maximum absolute atomic E-state index is 10.9. The standard InChI is InChI=1S/C23H30N6O3S.C9H10N2OS.C8H8N2S.C7H6N2OS.C7H7N2OS.C7H6N2S/c1-10-6-16-18(12(3)25-10)28-22(33-16)17-11(2)26-23(24-8-13-4-5-13)29-21(17)27-15-7-14(9-30)19(31)20(15)32;1-3-12-9-8-7(13-5-10-8)4-6(2)11-9;1-5-3-7-8(6(2)10-5)9-4-11-7;1-4-7-5(11-3-8-7)2-6(10)9-4;1-5-7-6(11-4-8-7)2-3-9(5)10;1-5-7-6(2-3-8-5)10-4-9-7/h6,13-15,19-20,30-32H,4-5,7-9H2,1-3H3,(H2,24,26,27,29);4-5H,3H2,1-2H3;3-4H,1-2H3;2-3H,1H3,(H,9,10);2-4,10H,1H3;2-4H,1H3/q;;;;+1;/t14-,15-,19-,20+;;;;;/m1...../s1. The first-order valence-corrected chi connectivity index (χ1v) is 33.7. The van der Waals surface area contributed by atoms with E-state index in [1.807, 2.05) is 116 Å². The molecule has 0 saturated heterocycles. The second kappa shape index (κ2) is 28.8. The molecule has 2 fully saturated rings. The summed E-state index contributed by atoms with van der Waals surface area (Å²) in [5.74, 6) is 2.04. The van der Waals surface area contributed by atoms with E-state index in [1.54, 1.807) is 80.0 Å². The monoisotopic (exact) mass is 1310 g/mol. The lowest BCUT2D eigenvalue weighted by molar-refractivity contribution is -0.907. The zero-order valence-electron chi connectivity index (χ0n) is 50.5. The lowest BCUT2D eigenvalue weighted by Gasteiger charge is -2.21. The minimum absolute atomic E-state index is 0.0562. The minimum atomic E-state index is -1.00. The van der Waals surface area contributed by atoms with Gasteiger partial charge in [0.2, 0.25) is 23.6 Å². The Balaban J connectivity index is 0.000000129. The fraction of sp³-hybridized carbons (Fsp3) is 0.344. The molecule has 0 amide bonds. The minimum Gasteiger partial charge on any atom is -0.476 e. The van der Waals surface area contributed by atoms with Crippen LogP contribution in [0.15, 0.2) is 81.1 Å². The third-order valence-corrected chi connectivity index (χ3v) is 19.4. The Morgan fingerprint density at radius 2 is 1.19 bits per heavy atom. The first kappa shape index (κ1) is 64.2. The number of nitrogens with zero attached hydrogens (tertiary/aromatic N) is 13. The molecule has 0 spiro atoms. The topological polar surface area (TPSA) is 306 Å².